The Bertz CT molecular complexity index is 654. The number of aromatic nitrogens is 1. The van der Waals surface area contributed by atoms with Crippen LogP contribution in [0.2, 0.25) is 0 Å². The van der Waals surface area contributed by atoms with E-state index in [1.807, 2.05) is 47.4 Å². The maximum absolute atomic E-state index is 12.0. The van der Waals surface area contributed by atoms with E-state index in [9.17, 15) is 9.59 Å². The Morgan fingerprint density at radius 3 is 2.82 bits per heavy atom. The fraction of sp³-hybridized carbons (Fsp3) is 0.375. The number of hydrogen-bond donors (Lipinski definition) is 2. The molecule has 1 amide bonds. The zero-order valence-corrected chi connectivity index (χ0v) is 13.3. The van der Waals surface area contributed by atoms with Gasteiger partial charge in [0.1, 0.15) is 6.04 Å². The minimum absolute atomic E-state index is 0.230. The molecular weight excluding hydrogens is 300 g/mol. The Balaban J connectivity index is 1.90. The fourth-order valence-electron chi connectivity index (χ4n) is 2.32. The first kappa shape index (κ1) is 16.4. The van der Waals surface area contributed by atoms with Gasteiger partial charge in [-0.2, -0.15) is 11.8 Å². The number of para-hydroxylation sites is 1. The minimum Gasteiger partial charge on any atom is -0.480 e. The number of thioether (sulfide) groups is 1. The predicted octanol–water partition coefficient (Wildman–Crippen LogP) is 2.35. The summed E-state index contributed by atoms with van der Waals surface area (Å²) in [6.07, 6.45) is 4.56. The van der Waals surface area contributed by atoms with Gasteiger partial charge in [0.05, 0.1) is 0 Å². The Kier molecular flexibility index (Phi) is 5.89. The van der Waals surface area contributed by atoms with E-state index < -0.39 is 12.0 Å². The Hall–Kier alpha value is -1.95. The van der Waals surface area contributed by atoms with E-state index in [1.165, 1.54) is 0 Å². The van der Waals surface area contributed by atoms with Crippen LogP contribution in [-0.4, -0.2) is 39.6 Å². The van der Waals surface area contributed by atoms with Crippen molar-refractivity contribution in [3.8, 4) is 0 Å². The van der Waals surface area contributed by atoms with Crippen LogP contribution < -0.4 is 5.32 Å². The minimum atomic E-state index is -0.978. The van der Waals surface area contributed by atoms with Gasteiger partial charge in [-0.1, -0.05) is 18.2 Å². The number of carboxylic acids is 1. The van der Waals surface area contributed by atoms with Gasteiger partial charge in [0, 0.05) is 24.7 Å². The van der Waals surface area contributed by atoms with Crippen molar-refractivity contribution in [1.29, 1.82) is 0 Å². The standard InChI is InChI=1S/C16H20N2O3S/c1-22-11-8-13(16(20)21)17-15(19)7-10-18-9-6-12-4-2-3-5-14(12)18/h2-6,9,13H,7-8,10-11H2,1H3,(H,17,19)(H,20,21)/t13-/m0/s1. The molecule has 118 valence electrons. The van der Waals surface area contributed by atoms with E-state index in [-0.39, 0.29) is 12.3 Å². The van der Waals surface area contributed by atoms with Crippen molar-refractivity contribution in [3.63, 3.8) is 0 Å². The summed E-state index contributed by atoms with van der Waals surface area (Å²) in [6.45, 7) is 0.536. The summed E-state index contributed by atoms with van der Waals surface area (Å²) in [5, 5.41) is 12.8. The summed E-state index contributed by atoms with van der Waals surface area (Å²) in [5.41, 5.74) is 1.08. The molecule has 0 spiro atoms. The van der Waals surface area contributed by atoms with Gasteiger partial charge in [-0.25, -0.2) is 4.79 Å². The number of carboxylic acid groups (broad SMARTS) is 1. The third-order valence-corrected chi connectivity index (χ3v) is 4.15. The number of aliphatic carboxylic acids is 1. The van der Waals surface area contributed by atoms with E-state index >= 15 is 0 Å². The van der Waals surface area contributed by atoms with Crippen molar-refractivity contribution < 1.29 is 14.7 Å². The van der Waals surface area contributed by atoms with Crippen LogP contribution in [-0.2, 0) is 16.1 Å². The molecule has 0 aliphatic rings. The maximum Gasteiger partial charge on any atom is 0.326 e. The first-order valence-electron chi connectivity index (χ1n) is 7.17. The van der Waals surface area contributed by atoms with Crippen LogP contribution in [0.1, 0.15) is 12.8 Å². The summed E-state index contributed by atoms with van der Waals surface area (Å²) >= 11 is 1.57. The Labute approximate surface area is 133 Å². The molecule has 2 aromatic rings. The second-order valence-corrected chi connectivity index (χ2v) is 6.04. The van der Waals surface area contributed by atoms with Gasteiger partial charge in [0.2, 0.25) is 5.91 Å². The lowest BCUT2D eigenvalue weighted by Gasteiger charge is -2.14. The highest BCUT2D eigenvalue weighted by atomic mass is 32.2. The molecule has 0 aliphatic carbocycles. The van der Waals surface area contributed by atoms with E-state index in [1.54, 1.807) is 11.8 Å². The molecule has 0 saturated heterocycles. The van der Waals surface area contributed by atoms with Gasteiger partial charge in [-0.05, 0) is 35.9 Å². The smallest absolute Gasteiger partial charge is 0.326 e. The van der Waals surface area contributed by atoms with E-state index in [4.69, 9.17) is 5.11 Å². The molecule has 1 heterocycles. The summed E-state index contributed by atoms with van der Waals surface area (Å²) in [4.78, 5) is 23.1. The van der Waals surface area contributed by atoms with Crippen LogP contribution in [0.15, 0.2) is 36.5 Å². The molecule has 1 aromatic heterocycles. The van der Waals surface area contributed by atoms with Crippen LogP contribution in [0.3, 0.4) is 0 Å². The van der Waals surface area contributed by atoms with Crippen LogP contribution in [0.4, 0.5) is 0 Å². The summed E-state index contributed by atoms with van der Waals surface area (Å²) in [5.74, 6) is -0.500. The summed E-state index contributed by atoms with van der Waals surface area (Å²) in [6, 6.07) is 9.16. The third-order valence-electron chi connectivity index (χ3n) is 3.50. The molecule has 0 aliphatic heterocycles. The second-order valence-electron chi connectivity index (χ2n) is 5.06. The number of nitrogens with one attached hydrogen (secondary N) is 1. The average Bonchev–Trinajstić information content (AvgIpc) is 2.92. The van der Waals surface area contributed by atoms with E-state index in [2.05, 4.69) is 5.32 Å². The van der Waals surface area contributed by atoms with Crippen molar-refractivity contribution in [2.75, 3.05) is 12.0 Å². The van der Waals surface area contributed by atoms with Crippen molar-refractivity contribution in [2.45, 2.75) is 25.4 Å². The van der Waals surface area contributed by atoms with Crippen LogP contribution in [0.5, 0.6) is 0 Å². The topological polar surface area (TPSA) is 71.3 Å². The van der Waals surface area contributed by atoms with Crippen LogP contribution in [0, 0.1) is 0 Å². The van der Waals surface area contributed by atoms with Crippen molar-refractivity contribution in [1.82, 2.24) is 9.88 Å². The molecular formula is C16H20N2O3S. The number of rotatable bonds is 8. The quantitative estimate of drug-likeness (QED) is 0.783. The highest BCUT2D eigenvalue weighted by Crippen LogP contribution is 2.15. The molecule has 0 saturated carbocycles. The molecule has 0 unspecified atom stereocenters. The maximum atomic E-state index is 12.0. The number of fused-ring (bicyclic) bond motifs is 1. The van der Waals surface area contributed by atoms with Gasteiger partial charge >= 0.3 is 5.97 Å². The molecule has 0 bridgehead atoms. The molecule has 0 fully saturated rings. The zero-order chi connectivity index (χ0) is 15.9. The third kappa shape index (κ3) is 4.27. The van der Waals surface area contributed by atoms with Gasteiger partial charge in [0.15, 0.2) is 0 Å². The molecule has 5 nitrogen and oxygen atoms in total. The van der Waals surface area contributed by atoms with Crippen molar-refractivity contribution in [2.24, 2.45) is 0 Å². The normalized spacial score (nSPS) is 12.2. The summed E-state index contributed by atoms with van der Waals surface area (Å²) in [7, 11) is 0. The molecule has 22 heavy (non-hydrogen) atoms. The monoisotopic (exact) mass is 320 g/mol. The highest BCUT2D eigenvalue weighted by Gasteiger charge is 2.19. The lowest BCUT2D eigenvalue weighted by atomic mass is 10.2. The Morgan fingerprint density at radius 1 is 1.32 bits per heavy atom. The molecule has 1 aromatic carbocycles. The van der Waals surface area contributed by atoms with Gasteiger partial charge in [-0.15, -0.1) is 0 Å². The number of carbonyl (C=O) groups excluding carboxylic acids is 1. The SMILES string of the molecule is CSCC[C@H](NC(=O)CCn1ccc2ccccc21)C(=O)O. The lowest BCUT2D eigenvalue weighted by molar-refractivity contribution is -0.141. The largest absolute Gasteiger partial charge is 0.480 e. The molecule has 2 N–H and O–H groups in total. The predicted molar refractivity (Wildman–Crippen MR) is 89.1 cm³/mol. The first-order chi connectivity index (χ1) is 10.6. The van der Waals surface area contributed by atoms with Gasteiger partial charge < -0.3 is 15.0 Å². The number of hydrogen-bond acceptors (Lipinski definition) is 3. The summed E-state index contributed by atoms with van der Waals surface area (Å²) < 4.78 is 2.01. The van der Waals surface area contributed by atoms with Crippen molar-refractivity contribution in [3.05, 3.63) is 36.5 Å². The van der Waals surface area contributed by atoms with Crippen LogP contribution in [0.25, 0.3) is 10.9 Å². The van der Waals surface area contributed by atoms with E-state index in [0.29, 0.717) is 18.7 Å². The molecule has 6 heteroatoms. The number of nitrogens with zero attached hydrogens (tertiary/aromatic N) is 1. The molecule has 2 rings (SSSR count). The number of carbonyl (C=O) groups is 2. The van der Waals surface area contributed by atoms with E-state index in [0.717, 1.165) is 10.9 Å². The zero-order valence-electron chi connectivity index (χ0n) is 12.5. The average molecular weight is 320 g/mol. The molecule has 0 radical (unpaired) electrons. The first-order valence-corrected chi connectivity index (χ1v) is 8.56. The van der Waals surface area contributed by atoms with Crippen LogP contribution >= 0.6 is 11.8 Å². The number of amides is 1. The fourth-order valence-corrected chi connectivity index (χ4v) is 2.79. The second kappa shape index (κ2) is 7.89. The lowest BCUT2D eigenvalue weighted by Crippen LogP contribution is -2.41. The van der Waals surface area contributed by atoms with Gasteiger partial charge in [-0.3, -0.25) is 4.79 Å². The molecule has 1 atom stereocenters. The van der Waals surface area contributed by atoms with Crippen molar-refractivity contribution >= 4 is 34.5 Å². The number of benzene rings is 1. The highest BCUT2D eigenvalue weighted by molar-refractivity contribution is 7.98. The number of aryl methyl sites for hydroxylation is 1. The Morgan fingerprint density at radius 2 is 2.09 bits per heavy atom. The van der Waals surface area contributed by atoms with Gasteiger partial charge in [0.25, 0.3) is 0 Å².